The number of hydrogen-bond donors (Lipinski definition) is 0. The Morgan fingerprint density at radius 2 is 1.42 bits per heavy atom. The molecular weight excluding hydrogens is 296 g/mol. The first-order valence-electron chi connectivity index (χ1n) is 10.6. The Morgan fingerprint density at radius 3 is 2.00 bits per heavy atom. The van der Waals surface area contributed by atoms with E-state index in [0.717, 1.165) is 24.8 Å². The lowest BCUT2D eigenvalue weighted by Crippen LogP contribution is -2.21. The fourth-order valence-corrected chi connectivity index (χ4v) is 3.46. The lowest BCUT2D eigenvalue weighted by atomic mass is 9.98. The van der Waals surface area contributed by atoms with E-state index in [1.807, 2.05) is 6.92 Å². The van der Waals surface area contributed by atoms with Crippen molar-refractivity contribution in [2.24, 2.45) is 0 Å². The molecule has 0 amide bonds. The van der Waals surface area contributed by atoms with Crippen molar-refractivity contribution in [3.8, 4) is 0 Å². The number of esters is 1. The number of ether oxygens (including phenoxy) is 1. The molecule has 0 aromatic carbocycles. The van der Waals surface area contributed by atoms with Crippen LogP contribution in [-0.2, 0) is 9.53 Å². The summed E-state index contributed by atoms with van der Waals surface area (Å²) in [5.41, 5.74) is 0.802. The second-order valence-corrected chi connectivity index (χ2v) is 7.52. The SMILES string of the molecule is CCCCCCCCCCCCC=C(C)C(=O)OC1CCCCC1. The molecule has 1 fully saturated rings. The molecule has 0 aromatic rings. The third-order valence-corrected chi connectivity index (χ3v) is 5.16. The lowest BCUT2D eigenvalue weighted by Gasteiger charge is -2.21. The summed E-state index contributed by atoms with van der Waals surface area (Å²) in [6, 6.07) is 0. The summed E-state index contributed by atoms with van der Waals surface area (Å²) in [6.07, 6.45) is 22.6. The molecule has 1 aliphatic carbocycles. The van der Waals surface area contributed by atoms with Crippen molar-refractivity contribution in [3.05, 3.63) is 11.6 Å². The van der Waals surface area contributed by atoms with Gasteiger partial charge in [0.15, 0.2) is 0 Å². The second-order valence-electron chi connectivity index (χ2n) is 7.52. The average Bonchev–Trinajstić information content (AvgIpc) is 2.60. The highest BCUT2D eigenvalue weighted by Gasteiger charge is 2.18. The molecule has 0 bridgehead atoms. The first-order chi connectivity index (χ1) is 11.7. The molecule has 0 N–H and O–H groups in total. The van der Waals surface area contributed by atoms with Gasteiger partial charge in [-0.3, -0.25) is 0 Å². The standard InChI is InChI=1S/C22H40O2/c1-3-4-5-6-7-8-9-10-11-12-14-17-20(2)22(23)24-21-18-15-13-16-19-21/h17,21H,3-16,18-19H2,1-2H3. The third kappa shape index (κ3) is 10.9. The number of carbonyl (C=O) groups is 1. The van der Waals surface area contributed by atoms with Crippen LogP contribution in [-0.4, -0.2) is 12.1 Å². The number of rotatable bonds is 13. The van der Waals surface area contributed by atoms with Crippen molar-refractivity contribution in [1.29, 1.82) is 0 Å². The van der Waals surface area contributed by atoms with Crippen LogP contribution in [0.25, 0.3) is 0 Å². The second kappa shape index (κ2) is 14.5. The van der Waals surface area contributed by atoms with Gasteiger partial charge in [-0.1, -0.05) is 77.2 Å². The van der Waals surface area contributed by atoms with Gasteiger partial charge in [-0.2, -0.15) is 0 Å². The fourth-order valence-electron chi connectivity index (χ4n) is 3.46. The van der Waals surface area contributed by atoms with Gasteiger partial charge in [0, 0.05) is 5.57 Å². The molecule has 2 heteroatoms. The minimum Gasteiger partial charge on any atom is -0.459 e. The molecule has 1 rings (SSSR count). The smallest absolute Gasteiger partial charge is 0.333 e. The van der Waals surface area contributed by atoms with E-state index in [2.05, 4.69) is 13.0 Å². The van der Waals surface area contributed by atoms with E-state index < -0.39 is 0 Å². The highest BCUT2D eigenvalue weighted by atomic mass is 16.5. The van der Waals surface area contributed by atoms with Crippen LogP contribution in [0.2, 0.25) is 0 Å². The highest BCUT2D eigenvalue weighted by molar-refractivity contribution is 5.87. The summed E-state index contributed by atoms with van der Waals surface area (Å²) in [5.74, 6) is -0.0889. The largest absolute Gasteiger partial charge is 0.459 e. The van der Waals surface area contributed by atoms with Crippen molar-refractivity contribution in [2.45, 2.75) is 123 Å². The number of unbranched alkanes of at least 4 members (excludes halogenated alkanes) is 10. The normalized spacial score (nSPS) is 16.3. The zero-order valence-corrected chi connectivity index (χ0v) is 16.3. The van der Waals surface area contributed by atoms with E-state index in [1.54, 1.807) is 0 Å². The molecule has 24 heavy (non-hydrogen) atoms. The number of allylic oxidation sites excluding steroid dienone is 1. The molecule has 0 aromatic heterocycles. The van der Waals surface area contributed by atoms with Gasteiger partial charge in [0.25, 0.3) is 0 Å². The minimum absolute atomic E-state index is 0.0889. The molecular formula is C22H40O2. The maximum absolute atomic E-state index is 12.0. The van der Waals surface area contributed by atoms with Gasteiger partial charge in [-0.25, -0.2) is 4.79 Å². The van der Waals surface area contributed by atoms with Gasteiger partial charge in [0.1, 0.15) is 6.10 Å². The van der Waals surface area contributed by atoms with Crippen molar-refractivity contribution >= 4 is 5.97 Å². The fraction of sp³-hybridized carbons (Fsp3) is 0.864. The van der Waals surface area contributed by atoms with Crippen molar-refractivity contribution in [2.75, 3.05) is 0 Å². The first kappa shape index (κ1) is 21.3. The van der Waals surface area contributed by atoms with E-state index in [9.17, 15) is 4.79 Å². The van der Waals surface area contributed by atoms with Crippen LogP contribution < -0.4 is 0 Å². The maximum atomic E-state index is 12.0. The molecule has 140 valence electrons. The summed E-state index contributed by atoms with van der Waals surface area (Å²) in [4.78, 5) is 12.0. The van der Waals surface area contributed by atoms with Crippen molar-refractivity contribution < 1.29 is 9.53 Å². The summed E-state index contributed by atoms with van der Waals surface area (Å²) in [5, 5.41) is 0. The number of hydrogen-bond acceptors (Lipinski definition) is 2. The van der Waals surface area contributed by atoms with Gasteiger partial charge in [0.05, 0.1) is 0 Å². The maximum Gasteiger partial charge on any atom is 0.333 e. The summed E-state index contributed by atoms with van der Waals surface area (Å²) < 4.78 is 5.60. The van der Waals surface area contributed by atoms with Crippen LogP contribution in [0.4, 0.5) is 0 Å². The van der Waals surface area contributed by atoms with E-state index in [0.29, 0.717) is 0 Å². The monoisotopic (exact) mass is 336 g/mol. The van der Waals surface area contributed by atoms with Crippen LogP contribution >= 0.6 is 0 Å². The Kier molecular flexibility index (Phi) is 12.9. The van der Waals surface area contributed by atoms with Gasteiger partial charge in [0.2, 0.25) is 0 Å². The summed E-state index contributed by atoms with van der Waals surface area (Å²) in [6.45, 7) is 4.17. The van der Waals surface area contributed by atoms with Crippen molar-refractivity contribution in [1.82, 2.24) is 0 Å². The van der Waals surface area contributed by atoms with Crippen LogP contribution in [0.1, 0.15) is 117 Å². The molecule has 1 aliphatic rings. The molecule has 0 heterocycles. The Balaban J connectivity index is 1.96. The van der Waals surface area contributed by atoms with Crippen LogP contribution in [0.15, 0.2) is 11.6 Å². The zero-order chi connectivity index (χ0) is 17.5. The Labute approximate surface area is 150 Å². The molecule has 2 nitrogen and oxygen atoms in total. The number of carbonyl (C=O) groups excluding carboxylic acids is 1. The molecule has 0 radical (unpaired) electrons. The molecule has 0 spiro atoms. The first-order valence-corrected chi connectivity index (χ1v) is 10.6. The molecule has 1 saturated carbocycles. The topological polar surface area (TPSA) is 26.3 Å². The predicted molar refractivity (Wildman–Crippen MR) is 103 cm³/mol. The third-order valence-electron chi connectivity index (χ3n) is 5.16. The molecule has 0 atom stereocenters. The highest BCUT2D eigenvalue weighted by Crippen LogP contribution is 2.21. The average molecular weight is 337 g/mol. The van der Waals surface area contributed by atoms with Crippen LogP contribution in [0.5, 0.6) is 0 Å². The Bertz CT molecular complexity index is 340. The Hall–Kier alpha value is -0.790. The van der Waals surface area contributed by atoms with Crippen molar-refractivity contribution in [3.63, 3.8) is 0 Å². The van der Waals surface area contributed by atoms with Gasteiger partial charge in [-0.15, -0.1) is 0 Å². The molecule has 0 aliphatic heterocycles. The van der Waals surface area contributed by atoms with Crippen LogP contribution in [0, 0.1) is 0 Å². The summed E-state index contributed by atoms with van der Waals surface area (Å²) in [7, 11) is 0. The zero-order valence-electron chi connectivity index (χ0n) is 16.3. The van der Waals surface area contributed by atoms with Gasteiger partial charge >= 0.3 is 5.97 Å². The van der Waals surface area contributed by atoms with Crippen LogP contribution in [0.3, 0.4) is 0 Å². The molecule has 0 unspecified atom stereocenters. The van der Waals surface area contributed by atoms with E-state index >= 15 is 0 Å². The summed E-state index contributed by atoms with van der Waals surface area (Å²) >= 11 is 0. The van der Waals surface area contributed by atoms with Gasteiger partial charge in [-0.05, 0) is 45.4 Å². The Morgan fingerprint density at radius 1 is 0.875 bits per heavy atom. The minimum atomic E-state index is -0.0889. The van der Waals surface area contributed by atoms with E-state index in [-0.39, 0.29) is 12.1 Å². The predicted octanol–water partition coefficient (Wildman–Crippen LogP) is 7.12. The van der Waals surface area contributed by atoms with E-state index in [4.69, 9.17) is 4.74 Å². The molecule has 0 saturated heterocycles. The van der Waals surface area contributed by atoms with E-state index in [1.165, 1.54) is 83.5 Å². The lowest BCUT2D eigenvalue weighted by molar-refractivity contribution is -0.145. The quantitative estimate of drug-likeness (QED) is 0.203. The van der Waals surface area contributed by atoms with Gasteiger partial charge < -0.3 is 4.74 Å².